The molecule has 0 fully saturated rings. The number of benzene rings is 2. The molecular weight excluding hydrogens is 319 g/mol. The summed E-state index contributed by atoms with van der Waals surface area (Å²) in [4.78, 5) is 11.8. The average Bonchev–Trinajstić information content (AvgIpc) is 2.46. The number of sulfone groups is 1. The fourth-order valence-electron chi connectivity index (χ4n) is 1.99. The van der Waals surface area contributed by atoms with Crippen LogP contribution >= 0.6 is 0 Å². The van der Waals surface area contributed by atoms with Crippen LogP contribution in [-0.2, 0) is 22.1 Å². The van der Waals surface area contributed by atoms with Crippen LogP contribution in [0.25, 0.3) is 0 Å². The number of carbonyl (C=O) groups excluding carboxylic acids is 1. The third-order valence-electron chi connectivity index (χ3n) is 2.98. The van der Waals surface area contributed by atoms with Crippen LogP contribution in [0.15, 0.2) is 48.5 Å². The highest BCUT2D eigenvalue weighted by molar-refractivity contribution is 7.89. The van der Waals surface area contributed by atoms with Gasteiger partial charge in [0.05, 0.1) is 5.75 Å². The number of urea groups is 1. The van der Waals surface area contributed by atoms with Crippen molar-refractivity contribution in [2.75, 3.05) is 11.6 Å². The van der Waals surface area contributed by atoms with Crippen LogP contribution in [0.5, 0.6) is 0 Å². The van der Waals surface area contributed by atoms with E-state index in [1.54, 1.807) is 36.4 Å². The van der Waals surface area contributed by atoms with E-state index in [0.717, 1.165) is 0 Å². The molecule has 5 nitrogen and oxygen atoms in total. The SMILES string of the molecule is CS(=O)(=O)Cc1ccc(NC(=O)NCc2cccc(F)c2)cc1. The molecule has 0 aliphatic heterocycles. The van der Waals surface area contributed by atoms with Gasteiger partial charge in [0.15, 0.2) is 9.84 Å². The highest BCUT2D eigenvalue weighted by Crippen LogP contribution is 2.12. The normalized spacial score (nSPS) is 11.0. The molecule has 0 aliphatic rings. The lowest BCUT2D eigenvalue weighted by Crippen LogP contribution is -2.28. The van der Waals surface area contributed by atoms with Crippen molar-refractivity contribution >= 4 is 21.6 Å². The van der Waals surface area contributed by atoms with Crippen molar-refractivity contribution in [2.24, 2.45) is 0 Å². The summed E-state index contributed by atoms with van der Waals surface area (Å²) in [5.74, 6) is -0.398. The van der Waals surface area contributed by atoms with Crippen molar-refractivity contribution in [1.82, 2.24) is 5.32 Å². The summed E-state index contributed by atoms with van der Waals surface area (Å²) in [6.45, 7) is 0.204. The molecule has 23 heavy (non-hydrogen) atoms. The average molecular weight is 336 g/mol. The molecule has 0 unspecified atom stereocenters. The molecule has 2 N–H and O–H groups in total. The molecule has 0 saturated heterocycles. The van der Waals surface area contributed by atoms with Crippen molar-refractivity contribution in [2.45, 2.75) is 12.3 Å². The summed E-state index contributed by atoms with van der Waals surface area (Å²) in [7, 11) is -3.09. The van der Waals surface area contributed by atoms with Gasteiger partial charge in [-0.05, 0) is 35.4 Å². The van der Waals surface area contributed by atoms with E-state index < -0.39 is 15.9 Å². The topological polar surface area (TPSA) is 75.3 Å². The molecule has 122 valence electrons. The molecule has 0 spiro atoms. The maximum Gasteiger partial charge on any atom is 0.319 e. The molecule has 2 aromatic carbocycles. The van der Waals surface area contributed by atoms with Gasteiger partial charge in [0.2, 0.25) is 0 Å². The van der Waals surface area contributed by atoms with Crippen LogP contribution in [0.3, 0.4) is 0 Å². The van der Waals surface area contributed by atoms with E-state index in [0.29, 0.717) is 16.8 Å². The van der Waals surface area contributed by atoms with E-state index in [4.69, 9.17) is 0 Å². The van der Waals surface area contributed by atoms with Crippen LogP contribution in [0, 0.1) is 5.82 Å². The van der Waals surface area contributed by atoms with Crippen LogP contribution in [0.2, 0.25) is 0 Å². The third kappa shape index (κ3) is 6.07. The number of amides is 2. The van der Waals surface area contributed by atoms with Gasteiger partial charge in [-0.15, -0.1) is 0 Å². The Morgan fingerprint density at radius 1 is 1.09 bits per heavy atom. The first kappa shape index (κ1) is 17.0. The van der Waals surface area contributed by atoms with E-state index in [1.807, 2.05) is 0 Å². The minimum Gasteiger partial charge on any atom is -0.334 e. The molecular formula is C16H17FN2O3S. The van der Waals surface area contributed by atoms with Crippen molar-refractivity contribution in [1.29, 1.82) is 0 Å². The minimum absolute atomic E-state index is 0.0426. The van der Waals surface area contributed by atoms with Crippen LogP contribution < -0.4 is 10.6 Å². The van der Waals surface area contributed by atoms with Gasteiger partial charge in [-0.2, -0.15) is 0 Å². The van der Waals surface area contributed by atoms with Gasteiger partial charge in [-0.1, -0.05) is 24.3 Å². The summed E-state index contributed by atoms with van der Waals surface area (Å²) in [5.41, 5.74) is 1.85. The number of halogens is 1. The fourth-order valence-corrected chi connectivity index (χ4v) is 2.79. The predicted molar refractivity (Wildman–Crippen MR) is 87.2 cm³/mol. The Balaban J connectivity index is 1.87. The first-order valence-corrected chi connectivity index (χ1v) is 8.94. The van der Waals surface area contributed by atoms with Crippen LogP contribution in [0.1, 0.15) is 11.1 Å². The summed E-state index contributed by atoms with van der Waals surface area (Å²) >= 11 is 0. The number of hydrogen-bond donors (Lipinski definition) is 2. The Labute approximate surface area is 134 Å². The lowest BCUT2D eigenvalue weighted by Gasteiger charge is -2.08. The zero-order chi connectivity index (χ0) is 16.9. The Hall–Kier alpha value is -2.41. The van der Waals surface area contributed by atoms with Crippen LogP contribution in [0.4, 0.5) is 14.9 Å². The second-order valence-corrected chi connectivity index (χ2v) is 7.34. The van der Waals surface area contributed by atoms with E-state index in [2.05, 4.69) is 10.6 Å². The lowest BCUT2D eigenvalue weighted by atomic mass is 10.2. The minimum atomic E-state index is -3.09. The Morgan fingerprint density at radius 2 is 1.78 bits per heavy atom. The molecule has 0 saturated carbocycles. The van der Waals surface area contributed by atoms with E-state index in [1.165, 1.54) is 18.4 Å². The molecule has 0 aromatic heterocycles. The second-order valence-electron chi connectivity index (χ2n) is 5.20. The number of anilines is 1. The van der Waals surface area contributed by atoms with E-state index >= 15 is 0 Å². The summed E-state index contributed by atoms with van der Waals surface area (Å²) in [6, 6.07) is 12.1. The monoisotopic (exact) mass is 336 g/mol. The first-order chi connectivity index (χ1) is 10.8. The maximum atomic E-state index is 13.0. The Morgan fingerprint density at radius 3 is 2.39 bits per heavy atom. The van der Waals surface area contributed by atoms with Crippen molar-refractivity contribution in [3.63, 3.8) is 0 Å². The summed E-state index contributed by atoms with van der Waals surface area (Å²) < 4.78 is 35.4. The van der Waals surface area contributed by atoms with Gasteiger partial charge >= 0.3 is 6.03 Å². The van der Waals surface area contributed by atoms with Crippen molar-refractivity contribution in [3.8, 4) is 0 Å². The largest absolute Gasteiger partial charge is 0.334 e. The molecule has 0 atom stereocenters. The zero-order valence-corrected chi connectivity index (χ0v) is 13.4. The summed E-state index contributed by atoms with van der Waals surface area (Å²) in [5, 5.41) is 5.24. The fraction of sp³-hybridized carbons (Fsp3) is 0.188. The predicted octanol–water partition coefficient (Wildman–Crippen LogP) is 2.69. The molecule has 0 heterocycles. The molecule has 0 radical (unpaired) electrons. The van der Waals surface area contributed by atoms with Gasteiger partial charge in [-0.25, -0.2) is 17.6 Å². The smallest absolute Gasteiger partial charge is 0.319 e. The zero-order valence-electron chi connectivity index (χ0n) is 12.5. The standard InChI is InChI=1S/C16H17FN2O3S/c1-23(21,22)11-12-5-7-15(8-6-12)19-16(20)18-10-13-3-2-4-14(17)9-13/h2-9H,10-11H2,1H3,(H2,18,19,20). The number of hydrogen-bond acceptors (Lipinski definition) is 3. The highest BCUT2D eigenvalue weighted by Gasteiger charge is 2.06. The van der Waals surface area contributed by atoms with Gasteiger partial charge in [0, 0.05) is 18.5 Å². The Bertz CT molecular complexity index is 789. The summed E-state index contributed by atoms with van der Waals surface area (Å²) in [6.07, 6.45) is 1.17. The molecule has 0 aliphatic carbocycles. The molecule has 2 rings (SSSR count). The van der Waals surface area contributed by atoms with Gasteiger partial charge in [0.1, 0.15) is 5.82 Å². The number of nitrogens with one attached hydrogen (secondary N) is 2. The second kappa shape index (κ2) is 7.23. The van der Waals surface area contributed by atoms with Gasteiger partial charge in [-0.3, -0.25) is 0 Å². The van der Waals surface area contributed by atoms with Gasteiger partial charge < -0.3 is 10.6 Å². The molecule has 2 aromatic rings. The first-order valence-electron chi connectivity index (χ1n) is 6.88. The third-order valence-corrected chi connectivity index (χ3v) is 3.84. The van der Waals surface area contributed by atoms with E-state index in [-0.39, 0.29) is 18.1 Å². The Kier molecular flexibility index (Phi) is 5.33. The van der Waals surface area contributed by atoms with Crippen LogP contribution in [-0.4, -0.2) is 20.7 Å². The van der Waals surface area contributed by atoms with Gasteiger partial charge in [0.25, 0.3) is 0 Å². The lowest BCUT2D eigenvalue weighted by molar-refractivity contribution is 0.251. The van der Waals surface area contributed by atoms with E-state index in [9.17, 15) is 17.6 Å². The maximum absolute atomic E-state index is 13.0. The molecule has 7 heteroatoms. The van der Waals surface area contributed by atoms with Crippen molar-refractivity contribution < 1.29 is 17.6 Å². The number of rotatable bonds is 5. The highest BCUT2D eigenvalue weighted by atomic mass is 32.2. The molecule has 0 bridgehead atoms. The molecule has 2 amide bonds. The number of carbonyl (C=O) groups is 1. The van der Waals surface area contributed by atoms with Crippen molar-refractivity contribution in [3.05, 3.63) is 65.5 Å². The quantitative estimate of drug-likeness (QED) is 0.881.